The second-order valence-corrected chi connectivity index (χ2v) is 6.65. The number of hydrogen-bond acceptors (Lipinski definition) is 3. The third kappa shape index (κ3) is 3.35. The first kappa shape index (κ1) is 13.6. The van der Waals surface area contributed by atoms with Gasteiger partial charge in [-0.15, -0.1) is 0 Å². The van der Waals surface area contributed by atoms with Gasteiger partial charge < -0.3 is 5.73 Å². The molecule has 0 atom stereocenters. The highest BCUT2D eigenvalue weighted by Crippen LogP contribution is 2.17. The van der Waals surface area contributed by atoms with E-state index in [1.54, 1.807) is 24.3 Å². The van der Waals surface area contributed by atoms with Crippen molar-refractivity contribution in [1.82, 2.24) is 0 Å². The fourth-order valence-corrected chi connectivity index (χ4v) is 3.52. The van der Waals surface area contributed by atoms with Crippen molar-refractivity contribution < 1.29 is 8.42 Å². The van der Waals surface area contributed by atoms with E-state index in [0.29, 0.717) is 17.0 Å². The Morgan fingerprint density at radius 2 is 1.63 bits per heavy atom. The SMILES string of the molecule is Cc1ccccc1S(=O)(=O)CCc1ccc(N)cc1. The maximum atomic E-state index is 12.3. The Balaban J connectivity index is 2.14. The first-order valence-electron chi connectivity index (χ1n) is 6.12. The number of benzene rings is 2. The van der Waals surface area contributed by atoms with E-state index in [9.17, 15) is 8.42 Å². The zero-order chi connectivity index (χ0) is 13.9. The van der Waals surface area contributed by atoms with Crippen molar-refractivity contribution in [2.45, 2.75) is 18.2 Å². The summed E-state index contributed by atoms with van der Waals surface area (Å²) in [4.78, 5) is 0.422. The molecule has 0 amide bonds. The molecule has 2 aromatic rings. The molecule has 3 nitrogen and oxygen atoms in total. The number of rotatable bonds is 4. The highest BCUT2D eigenvalue weighted by Gasteiger charge is 2.16. The van der Waals surface area contributed by atoms with Crippen LogP contribution in [-0.2, 0) is 16.3 Å². The molecular weight excluding hydrogens is 258 g/mol. The Labute approximate surface area is 114 Å². The summed E-state index contributed by atoms with van der Waals surface area (Å²) >= 11 is 0. The van der Waals surface area contributed by atoms with Gasteiger partial charge in [0.25, 0.3) is 0 Å². The van der Waals surface area contributed by atoms with Crippen molar-refractivity contribution >= 4 is 15.5 Å². The van der Waals surface area contributed by atoms with Gasteiger partial charge in [0.2, 0.25) is 0 Å². The lowest BCUT2D eigenvalue weighted by Crippen LogP contribution is -2.10. The van der Waals surface area contributed by atoms with E-state index < -0.39 is 9.84 Å². The summed E-state index contributed by atoms with van der Waals surface area (Å²) in [6.45, 7) is 1.82. The van der Waals surface area contributed by atoms with Crippen LogP contribution in [0.5, 0.6) is 0 Å². The van der Waals surface area contributed by atoms with Crippen LogP contribution in [0.1, 0.15) is 11.1 Å². The summed E-state index contributed by atoms with van der Waals surface area (Å²) in [6.07, 6.45) is 0.497. The maximum absolute atomic E-state index is 12.3. The Morgan fingerprint density at radius 3 is 2.26 bits per heavy atom. The molecule has 0 fully saturated rings. The molecule has 0 heterocycles. The third-order valence-electron chi connectivity index (χ3n) is 3.07. The first-order chi connectivity index (χ1) is 8.99. The highest BCUT2D eigenvalue weighted by atomic mass is 32.2. The third-order valence-corrected chi connectivity index (χ3v) is 4.94. The molecule has 0 bridgehead atoms. The van der Waals surface area contributed by atoms with Gasteiger partial charge in [0.15, 0.2) is 9.84 Å². The van der Waals surface area contributed by atoms with Crippen LogP contribution in [0, 0.1) is 6.92 Å². The average molecular weight is 275 g/mol. The molecule has 0 aliphatic rings. The predicted molar refractivity (Wildman–Crippen MR) is 77.8 cm³/mol. The van der Waals surface area contributed by atoms with E-state index in [-0.39, 0.29) is 5.75 Å². The monoisotopic (exact) mass is 275 g/mol. The average Bonchev–Trinajstić information content (AvgIpc) is 2.38. The predicted octanol–water partition coefficient (Wildman–Crippen LogP) is 2.59. The number of anilines is 1. The zero-order valence-corrected chi connectivity index (χ0v) is 11.7. The molecule has 0 aromatic heterocycles. The summed E-state index contributed by atoms with van der Waals surface area (Å²) in [7, 11) is -3.23. The van der Waals surface area contributed by atoms with Crippen LogP contribution in [-0.4, -0.2) is 14.2 Å². The van der Waals surface area contributed by atoms with E-state index in [4.69, 9.17) is 5.73 Å². The normalized spacial score (nSPS) is 11.4. The summed E-state index contributed by atoms with van der Waals surface area (Å²) in [5.41, 5.74) is 8.06. The molecule has 0 aliphatic heterocycles. The Morgan fingerprint density at radius 1 is 1.00 bits per heavy atom. The number of hydrogen-bond donors (Lipinski definition) is 1. The van der Waals surface area contributed by atoms with Crippen molar-refractivity contribution in [2.24, 2.45) is 0 Å². The summed E-state index contributed by atoms with van der Waals surface area (Å²) < 4.78 is 24.5. The molecule has 0 unspecified atom stereocenters. The second kappa shape index (κ2) is 5.45. The fourth-order valence-electron chi connectivity index (χ4n) is 1.95. The Kier molecular flexibility index (Phi) is 3.90. The minimum atomic E-state index is -3.23. The Hall–Kier alpha value is -1.81. The van der Waals surface area contributed by atoms with Crippen molar-refractivity contribution in [3.63, 3.8) is 0 Å². The smallest absolute Gasteiger partial charge is 0.178 e. The van der Waals surface area contributed by atoms with Crippen LogP contribution in [0.4, 0.5) is 5.69 Å². The zero-order valence-electron chi connectivity index (χ0n) is 10.8. The lowest BCUT2D eigenvalue weighted by atomic mass is 10.2. The number of nitrogen functional groups attached to an aromatic ring is 1. The van der Waals surface area contributed by atoms with E-state index in [1.165, 1.54) is 0 Å². The minimum Gasteiger partial charge on any atom is -0.399 e. The molecule has 19 heavy (non-hydrogen) atoms. The van der Waals surface area contributed by atoms with Gasteiger partial charge in [-0.2, -0.15) is 0 Å². The Bertz CT molecular complexity index is 661. The van der Waals surface area contributed by atoms with Crippen LogP contribution in [0.3, 0.4) is 0 Å². The summed E-state index contributed by atoms with van der Waals surface area (Å²) in [5, 5.41) is 0. The topological polar surface area (TPSA) is 60.2 Å². The molecule has 2 rings (SSSR count). The molecular formula is C15H17NO2S. The van der Waals surface area contributed by atoms with Gasteiger partial charge in [-0.05, 0) is 42.7 Å². The second-order valence-electron chi connectivity index (χ2n) is 4.58. The highest BCUT2D eigenvalue weighted by molar-refractivity contribution is 7.91. The minimum absolute atomic E-state index is 0.113. The van der Waals surface area contributed by atoms with Gasteiger partial charge in [0.05, 0.1) is 10.6 Å². The standard InChI is InChI=1S/C15H17NO2S/c1-12-4-2-3-5-15(12)19(17,18)11-10-13-6-8-14(16)9-7-13/h2-9H,10-11,16H2,1H3. The van der Waals surface area contributed by atoms with Gasteiger partial charge in [0.1, 0.15) is 0 Å². The van der Waals surface area contributed by atoms with Crippen molar-refractivity contribution in [3.05, 3.63) is 59.7 Å². The molecule has 0 spiro atoms. The van der Waals surface area contributed by atoms with Gasteiger partial charge in [0, 0.05) is 5.69 Å². The van der Waals surface area contributed by atoms with Crippen LogP contribution in [0.15, 0.2) is 53.4 Å². The van der Waals surface area contributed by atoms with Crippen molar-refractivity contribution in [1.29, 1.82) is 0 Å². The van der Waals surface area contributed by atoms with Crippen LogP contribution in [0.2, 0.25) is 0 Å². The van der Waals surface area contributed by atoms with Crippen molar-refractivity contribution in [3.8, 4) is 0 Å². The summed E-state index contributed by atoms with van der Waals surface area (Å²) in [5.74, 6) is 0.113. The van der Waals surface area contributed by atoms with Gasteiger partial charge >= 0.3 is 0 Å². The lowest BCUT2D eigenvalue weighted by Gasteiger charge is -2.07. The molecule has 0 aliphatic carbocycles. The van der Waals surface area contributed by atoms with Gasteiger partial charge in [-0.1, -0.05) is 30.3 Å². The van der Waals surface area contributed by atoms with E-state index >= 15 is 0 Å². The summed E-state index contributed by atoms with van der Waals surface area (Å²) in [6, 6.07) is 14.4. The van der Waals surface area contributed by atoms with Gasteiger partial charge in [-0.3, -0.25) is 0 Å². The molecule has 0 saturated heterocycles. The van der Waals surface area contributed by atoms with Gasteiger partial charge in [-0.25, -0.2) is 8.42 Å². The molecule has 4 heteroatoms. The van der Waals surface area contributed by atoms with E-state index in [0.717, 1.165) is 11.1 Å². The quantitative estimate of drug-likeness (QED) is 0.872. The fraction of sp³-hybridized carbons (Fsp3) is 0.200. The van der Waals surface area contributed by atoms with E-state index in [1.807, 2.05) is 31.2 Å². The van der Waals surface area contributed by atoms with Crippen LogP contribution < -0.4 is 5.73 Å². The van der Waals surface area contributed by atoms with Crippen molar-refractivity contribution in [2.75, 3.05) is 11.5 Å². The number of nitrogens with two attached hydrogens (primary N) is 1. The molecule has 100 valence electrons. The molecule has 0 saturated carbocycles. The maximum Gasteiger partial charge on any atom is 0.178 e. The van der Waals surface area contributed by atoms with Crippen LogP contribution in [0.25, 0.3) is 0 Å². The largest absolute Gasteiger partial charge is 0.399 e. The number of aryl methyl sites for hydroxylation is 2. The number of sulfone groups is 1. The molecule has 2 aromatic carbocycles. The molecule has 2 N–H and O–H groups in total. The molecule has 0 radical (unpaired) electrons. The first-order valence-corrected chi connectivity index (χ1v) is 7.77. The lowest BCUT2D eigenvalue weighted by molar-refractivity contribution is 0.594. The van der Waals surface area contributed by atoms with Crippen LogP contribution >= 0.6 is 0 Å². The van der Waals surface area contributed by atoms with E-state index in [2.05, 4.69) is 0 Å².